The Hall–Kier alpha value is -2.84. The molecule has 4 aromatic rings. The number of anilines is 1. The number of nitrogens with zero attached hydrogens (tertiary/aromatic N) is 4. The maximum Gasteiger partial charge on any atom is 0.234 e. The maximum atomic E-state index is 12.5. The monoisotopic (exact) mass is 437 g/mol. The van der Waals surface area contributed by atoms with Gasteiger partial charge in [-0.3, -0.25) is 9.47 Å². The molecule has 0 unspecified atom stereocenters. The Kier molecular flexibility index (Phi) is 6.66. The van der Waals surface area contributed by atoms with Crippen molar-refractivity contribution in [2.45, 2.75) is 31.3 Å². The highest BCUT2D eigenvalue weighted by Gasteiger charge is 2.17. The molecule has 0 aliphatic heterocycles. The highest BCUT2D eigenvalue weighted by atomic mass is 32.2. The normalized spacial score (nSPS) is 11.0. The van der Waals surface area contributed by atoms with Gasteiger partial charge in [0.25, 0.3) is 0 Å². The first-order valence-corrected chi connectivity index (χ1v) is 11.8. The number of benzene rings is 1. The van der Waals surface area contributed by atoms with E-state index in [0.717, 1.165) is 22.8 Å². The van der Waals surface area contributed by atoms with Crippen LogP contribution in [0.1, 0.15) is 25.3 Å². The van der Waals surface area contributed by atoms with Gasteiger partial charge in [0, 0.05) is 18.1 Å². The van der Waals surface area contributed by atoms with Crippen LogP contribution in [0.3, 0.4) is 0 Å². The van der Waals surface area contributed by atoms with Gasteiger partial charge >= 0.3 is 0 Å². The van der Waals surface area contributed by atoms with E-state index in [4.69, 9.17) is 0 Å². The van der Waals surface area contributed by atoms with Gasteiger partial charge < -0.3 is 5.32 Å². The predicted molar refractivity (Wildman–Crippen MR) is 123 cm³/mol. The highest BCUT2D eigenvalue weighted by molar-refractivity contribution is 7.99. The van der Waals surface area contributed by atoms with Crippen LogP contribution in [0.25, 0.3) is 10.7 Å². The number of carbonyl (C=O) groups excluding carboxylic acids is 1. The molecule has 1 N–H and O–H groups in total. The minimum atomic E-state index is -0.0685. The van der Waals surface area contributed by atoms with Crippen molar-refractivity contribution in [2.75, 3.05) is 11.1 Å². The molecule has 0 aliphatic carbocycles. The second-order valence-electron chi connectivity index (χ2n) is 6.80. The van der Waals surface area contributed by atoms with E-state index < -0.39 is 0 Å². The number of hydrogen-bond donors (Lipinski definition) is 1. The molecular weight excluding hydrogens is 414 g/mol. The van der Waals surface area contributed by atoms with Crippen LogP contribution >= 0.6 is 23.1 Å². The van der Waals surface area contributed by atoms with Gasteiger partial charge in [-0.25, -0.2) is 4.68 Å². The number of nitrogens with one attached hydrogen (secondary N) is 1. The summed E-state index contributed by atoms with van der Waals surface area (Å²) in [6.07, 6.45) is 7.30. The third-order valence-corrected chi connectivity index (χ3v) is 6.35. The number of unbranched alkanes of at least 4 members (excludes halogenated alkanes) is 1. The summed E-state index contributed by atoms with van der Waals surface area (Å²) in [7, 11) is 0. The zero-order valence-corrected chi connectivity index (χ0v) is 18.3. The smallest absolute Gasteiger partial charge is 0.234 e. The van der Waals surface area contributed by atoms with E-state index in [1.807, 2.05) is 63.5 Å². The zero-order chi connectivity index (χ0) is 20.8. The number of rotatable bonds is 9. The molecule has 8 heteroatoms. The molecule has 0 spiro atoms. The van der Waals surface area contributed by atoms with E-state index in [9.17, 15) is 4.79 Å². The van der Waals surface area contributed by atoms with Crippen LogP contribution in [0.4, 0.5) is 5.69 Å². The number of amides is 1. The van der Waals surface area contributed by atoms with Gasteiger partial charge in [0.1, 0.15) is 0 Å². The van der Waals surface area contributed by atoms with Gasteiger partial charge in [0.15, 0.2) is 5.82 Å². The van der Waals surface area contributed by atoms with E-state index in [-0.39, 0.29) is 11.7 Å². The number of aromatic nitrogens is 4. The molecular formula is C22H23N5OS2. The third kappa shape index (κ3) is 4.83. The van der Waals surface area contributed by atoms with E-state index in [1.165, 1.54) is 30.2 Å². The van der Waals surface area contributed by atoms with Crippen LogP contribution in [-0.4, -0.2) is 31.2 Å². The van der Waals surface area contributed by atoms with Gasteiger partial charge in [0.2, 0.25) is 11.1 Å². The standard InChI is InChI=1S/C22H23N5OS2/c1-2-3-7-17-9-11-18(12-10-17)23-20(28)16-30-22-25-24-21(19-8-6-15-29-19)27(22)26-13-4-5-14-26/h4-6,8-15H,2-3,7,16H2,1H3,(H,23,28). The lowest BCUT2D eigenvalue weighted by atomic mass is 10.1. The highest BCUT2D eigenvalue weighted by Crippen LogP contribution is 2.27. The van der Waals surface area contributed by atoms with Crippen LogP contribution in [0.5, 0.6) is 0 Å². The van der Waals surface area contributed by atoms with Crippen molar-refractivity contribution >= 4 is 34.7 Å². The Labute approximate surface area is 183 Å². The molecule has 4 rings (SSSR count). The van der Waals surface area contributed by atoms with Crippen LogP contribution < -0.4 is 5.32 Å². The number of hydrogen-bond acceptors (Lipinski definition) is 5. The first kappa shape index (κ1) is 20.4. The van der Waals surface area contributed by atoms with Crippen molar-refractivity contribution in [2.24, 2.45) is 0 Å². The molecule has 0 saturated carbocycles. The quantitative estimate of drug-likeness (QED) is 0.366. The van der Waals surface area contributed by atoms with E-state index in [2.05, 4.69) is 34.6 Å². The largest absolute Gasteiger partial charge is 0.325 e. The van der Waals surface area contributed by atoms with Gasteiger partial charge in [-0.1, -0.05) is 43.3 Å². The summed E-state index contributed by atoms with van der Waals surface area (Å²) in [6.45, 7) is 2.19. The van der Waals surface area contributed by atoms with Crippen molar-refractivity contribution in [3.63, 3.8) is 0 Å². The Balaban J connectivity index is 1.43. The molecule has 30 heavy (non-hydrogen) atoms. The summed E-state index contributed by atoms with van der Waals surface area (Å²) in [6, 6.07) is 16.0. The van der Waals surface area contributed by atoms with Gasteiger partial charge in [-0.15, -0.1) is 21.5 Å². The maximum absolute atomic E-state index is 12.5. The number of carbonyl (C=O) groups is 1. The number of thiophene rings is 1. The fourth-order valence-corrected chi connectivity index (χ4v) is 4.47. The summed E-state index contributed by atoms with van der Waals surface area (Å²) in [4.78, 5) is 13.5. The van der Waals surface area contributed by atoms with Crippen LogP contribution in [0.15, 0.2) is 71.5 Å². The average molecular weight is 438 g/mol. The van der Waals surface area contributed by atoms with E-state index >= 15 is 0 Å². The van der Waals surface area contributed by atoms with Crippen LogP contribution in [0.2, 0.25) is 0 Å². The molecule has 0 aliphatic rings. The lowest BCUT2D eigenvalue weighted by molar-refractivity contribution is -0.113. The number of aryl methyl sites for hydroxylation is 1. The minimum Gasteiger partial charge on any atom is -0.325 e. The minimum absolute atomic E-state index is 0.0685. The van der Waals surface area contributed by atoms with E-state index in [1.54, 1.807) is 11.3 Å². The first-order chi connectivity index (χ1) is 14.7. The molecule has 154 valence electrons. The van der Waals surface area contributed by atoms with Crippen LogP contribution in [0, 0.1) is 0 Å². The topological polar surface area (TPSA) is 64.7 Å². The molecule has 1 aromatic carbocycles. The SMILES string of the molecule is CCCCc1ccc(NC(=O)CSc2nnc(-c3cccs3)n2-n2cccc2)cc1. The summed E-state index contributed by atoms with van der Waals surface area (Å²) < 4.78 is 3.84. The fourth-order valence-electron chi connectivity index (χ4n) is 3.04. The first-order valence-electron chi connectivity index (χ1n) is 9.89. The molecule has 0 atom stereocenters. The number of thioether (sulfide) groups is 1. The van der Waals surface area contributed by atoms with Crippen molar-refractivity contribution in [3.8, 4) is 10.7 Å². The molecule has 3 aromatic heterocycles. The molecule has 0 radical (unpaired) electrons. The molecule has 0 fully saturated rings. The lowest BCUT2D eigenvalue weighted by Gasteiger charge is -2.10. The molecule has 1 amide bonds. The Morgan fingerprint density at radius 2 is 1.90 bits per heavy atom. The Morgan fingerprint density at radius 3 is 2.60 bits per heavy atom. The summed E-state index contributed by atoms with van der Waals surface area (Å²) in [5.41, 5.74) is 2.11. The summed E-state index contributed by atoms with van der Waals surface area (Å²) in [5.74, 6) is 0.939. The van der Waals surface area contributed by atoms with Crippen molar-refractivity contribution in [1.29, 1.82) is 0 Å². The third-order valence-electron chi connectivity index (χ3n) is 4.56. The summed E-state index contributed by atoms with van der Waals surface area (Å²) in [5, 5.41) is 14.3. The second-order valence-corrected chi connectivity index (χ2v) is 8.69. The average Bonchev–Trinajstić information content (AvgIpc) is 3.52. The summed E-state index contributed by atoms with van der Waals surface area (Å²) >= 11 is 2.97. The molecule has 0 saturated heterocycles. The van der Waals surface area contributed by atoms with Gasteiger partial charge in [-0.05, 0) is 54.1 Å². The predicted octanol–water partition coefficient (Wildman–Crippen LogP) is 5.19. The van der Waals surface area contributed by atoms with Crippen molar-refractivity contribution in [1.82, 2.24) is 19.5 Å². The molecule has 6 nitrogen and oxygen atoms in total. The second kappa shape index (κ2) is 9.77. The van der Waals surface area contributed by atoms with Crippen LogP contribution in [-0.2, 0) is 11.2 Å². The van der Waals surface area contributed by atoms with Crippen molar-refractivity contribution < 1.29 is 4.79 Å². The Bertz CT molecular complexity index is 1070. The fraction of sp³-hybridized carbons (Fsp3) is 0.227. The lowest BCUT2D eigenvalue weighted by Crippen LogP contribution is -2.15. The Morgan fingerprint density at radius 1 is 1.10 bits per heavy atom. The molecule has 0 bridgehead atoms. The van der Waals surface area contributed by atoms with Crippen molar-refractivity contribution in [3.05, 3.63) is 71.9 Å². The van der Waals surface area contributed by atoms with E-state index in [0.29, 0.717) is 5.16 Å². The van der Waals surface area contributed by atoms with Gasteiger partial charge in [-0.2, -0.15) is 0 Å². The van der Waals surface area contributed by atoms with Gasteiger partial charge in [0.05, 0.1) is 10.6 Å². The molecule has 3 heterocycles. The zero-order valence-electron chi connectivity index (χ0n) is 16.7.